The minimum Gasteiger partial charge on any atom is -0.250 e. The van der Waals surface area contributed by atoms with Crippen LogP contribution in [0.4, 0.5) is 4.39 Å². The van der Waals surface area contributed by atoms with Gasteiger partial charge >= 0.3 is 0 Å². The van der Waals surface area contributed by atoms with Crippen molar-refractivity contribution in [1.82, 2.24) is 4.98 Å². The first-order valence-electron chi connectivity index (χ1n) is 5.07. The lowest BCUT2D eigenvalue weighted by molar-refractivity contribution is 0.609. The van der Waals surface area contributed by atoms with Gasteiger partial charge in [-0.2, -0.15) is 0 Å². The highest BCUT2D eigenvalue weighted by atomic mass is 79.9. The predicted molar refractivity (Wildman–Crippen MR) is 73.6 cm³/mol. The van der Waals surface area contributed by atoms with Crippen LogP contribution in [0.5, 0.6) is 0 Å². The molecule has 0 amide bonds. The van der Waals surface area contributed by atoms with Crippen LogP contribution < -0.4 is 0 Å². The highest BCUT2D eigenvalue weighted by Gasteiger charge is 2.15. The molecule has 1 nitrogen and oxygen atoms in total. The molecule has 0 saturated heterocycles. The number of nitrogens with zero attached hydrogens (tertiary/aromatic N) is 1. The molecule has 0 radical (unpaired) electrons. The Kier molecular flexibility index (Phi) is 4.17. The van der Waals surface area contributed by atoms with Crippen molar-refractivity contribution in [2.45, 2.75) is 18.2 Å². The van der Waals surface area contributed by atoms with Gasteiger partial charge in [0.15, 0.2) is 0 Å². The van der Waals surface area contributed by atoms with Crippen LogP contribution in [-0.2, 0) is 6.42 Å². The molecule has 0 saturated carbocycles. The van der Waals surface area contributed by atoms with Crippen molar-refractivity contribution in [3.05, 3.63) is 50.7 Å². The molecule has 1 heterocycles. The first-order chi connectivity index (χ1) is 8.08. The molecule has 90 valence electrons. The Morgan fingerprint density at radius 2 is 2.29 bits per heavy atom. The minimum absolute atomic E-state index is 0.0445. The summed E-state index contributed by atoms with van der Waals surface area (Å²) in [5.41, 5.74) is 0.544. The Morgan fingerprint density at radius 3 is 2.88 bits per heavy atom. The van der Waals surface area contributed by atoms with Crippen LogP contribution in [0.3, 0.4) is 0 Å². The summed E-state index contributed by atoms with van der Waals surface area (Å²) in [6.45, 7) is 1.95. The van der Waals surface area contributed by atoms with Crippen molar-refractivity contribution in [2.75, 3.05) is 0 Å². The topological polar surface area (TPSA) is 12.9 Å². The average Bonchev–Trinajstić information content (AvgIpc) is 2.70. The zero-order valence-corrected chi connectivity index (χ0v) is 12.2. The number of aryl methyl sites for hydroxylation is 1. The lowest BCUT2D eigenvalue weighted by Gasteiger charge is -2.09. The Bertz CT molecular complexity index is 509. The molecule has 17 heavy (non-hydrogen) atoms. The van der Waals surface area contributed by atoms with E-state index in [2.05, 4.69) is 20.9 Å². The van der Waals surface area contributed by atoms with Crippen molar-refractivity contribution in [3.8, 4) is 0 Å². The van der Waals surface area contributed by atoms with Gasteiger partial charge in [0.2, 0.25) is 0 Å². The van der Waals surface area contributed by atoms with Crippen LogP contribution in [-0.4, -0.2) is 4.98 Å². The largest absolute Gasteiger partial charge is 0.250 e. The number of thiazole rings is 1. The number of hydrogen-bond donors (Lipinski definition) is 0. The summed E-state index contributed by atoms with van der Waals surface area (Å²) < 4.78 is 13.6. The van der Waals surface area contributed by atoms with Gasteiger partial charge in [0.1, 0.15) is 5.82 Å². The first-order valence-corrected chi connectivity index (χ1v) is 7.18. The van der Waals surface area contributed by atoms with E-state index in [0.717, 1.165) is 9.88 Å². The second-order valence-electron chi connectivity index (χ2n) is 3.65. The summed E-state index contributed by atoms with van der Waals surface area (Å²) in [6.07, 6.45) is 2.33. The monoisotopic (exact) mass is 333 g/mol. The molecule has 1 aromatic carbocycles. The fraction of sp³-hybridized carbons (Fsp3) is 0.250. The third-order valence-corrected chi connectivity index (χ3v) is 4.89. The Morgan fingerprint density at radius 1 is 1.53 bits per heavy atom. The SMILES string of the molecule is Cc1ncc(C(Br)Cc2c(F)cccc2Cl)s1. The van der Waals surface area contributed by atoms with Gasteiger partial charge in [-0.05, 0) is 25.5 Å². The normalized spacial score (nSPS) is 12.7. The molecular weight excluding hydrogens is 325 g/mol. The second-order valence-corrected chi connectivity index (χ2v) is 6.43. The lowest BCUT2D eigenvalue weighted by Crippen LogP contribution is -1.97. The van der Waals surface area contributed by atoms with Gasteiger partial charge in [0, 0.05) is 21.7 Å². The van der Waals surface area contributed by atoms with Gasteiger partial charge in [-0.1, -0.05) is 33.6 Å². The molecule has 0 spiro atoms. The van der Waals surface area contributed by atoms with Gasteiger partial charge < -0.3 is 0 Å². The van der Waals surface area contributed by atoms with Gasteiger partial charge in [-0.25, -0.2) is 9.37 Å². The van der Waals surface area contributed by atoms with E-state index in [1.54, 1.807) is 23.5 Å². The van der Waals surface area contributed by atoms with Crippen molar-refractivity contribution < 1.29 is 4.39 Å². The quantitative estimate of drug-likeness (QED) is 0.726. The van der Waals surface area contributed by atoms with Crippen LogP contribution in [0, 0.1) is 12.7 Å². The van der Waals surface area contributed by atoms with E-state index >= 15 is 0 Å². The molecule has 0 aliphatic heterocycles. The molecule has 0 aliphatic carbocycles. The number of aromatic nitrogens is 1. The van der Waals surface area contributed by atoms with E-state index in [1.165, 1.54) is 6.07 Å². The van der Waals surface area contributed by atoms with Gasteiger partial charge in [-0.3, -0.25) is 0 Å². The zero-order valence-electron chi connectivity index (χ0n) is 9.08. The number of halogens is 3. The fourth-order valence-corrected chi connectivity index (χ4v) is 3.26. The van der Waals surface area contributed by atoms with Crippen LogP contribution in [0.15, 0.2) is 24.4 Å². The summed E-state index contributed by atoms with van der Waals surface area (Å²) >= 11 is 11.1. The third kappa shape index (κ3) is 3.06. The third-order valence-electron chi connectivity index (χ3n) is 2.39. The standard InChI is InChI=1S/C12H10BrClFNS/c1-7-16-6-12(17-7)9(13)5-8-10(14)3-2-4-11(8)15/h2-4,6,9H,5H2,1H3. The molecule has 0 N–H and O–H groups in total. The maximum Gasteiger partial charge on any atom is 0.127 e. The highest BCUT2D eigenvalue weighted by Crippen LogP contribution is 2.33. The number of rotatable bonds is 3. The van der Waals surface area contributed by atoms with E-state index in [1.807, 2.05) is 13.1 Å². The van der Waals surface area contributed by atoms with Gasteiger partial charge in [-0.15, -0.1) is 11.3 Å². The number of benzene rings is 1. The Hall–Kier alpha value is -0.450. The number of hydrogen-bond acceptors (Lipinski definition) is 2. The molecule has 1 aromatic heterocycles. The van der Waals surface area contributed by atoms with Crippen LogP contribution in [0.1, 0.15) is 20.3 Å². The van der Waals surface area contributed by atoms with E-state index in [4.69, 9.17) is 11.6 Å². The molecule has 2 rings (SSSR count). The molecule has 1 atom stereocenters. The molecule has 0 fully saturated rings. The van der Waals surface area contributed by atoms with Crippen molar-refractivity contribution in [1.29, 1.82) is 0 Å². The molecule has 2 aromatic rings. The second kappa shape index (κ2) is 5.46. The van der Waals surface area contributed by atoms with E-state index in [-0.39, 0.29) is 10.6 Å². The number of alkyl halides is 1. The van der Waals surface area contributed by atoms with Crippen molar-refractivity contribution in [3.63, 3.8) is 0 Å². The summed E-state index contributed by atoms with van der Waals surface area (Å²) in [7, 11) is 0. The molecule has 5 heteroatoms. The van der Waals surface area contributed by atoms with E-state index in [0.29, 0.717) is 17.0 Å². The van der Waals surface area contributed by atoms with E-state index in [9.17, 15) is 4.39 Å². The summed E-state index contributed by atoms with van der Waals surface area (Å²) in [5.74, 6) is -0.261. The van der Waals surface area contributed by atoms with Crippen LogP contribution in [0.2, 0.25) is 5.02 Å². The first kappa shape index (κ1) is 13.0. The van der Waals surface area contributed by atoms with Crippen molar-refractivity contribution in [2.24, 2.45) is 0 Å². The zero-order chi connectivity index (χ0) is 12.4. The van der Waals surface area contributed by atoms with Gasteiger partial charge in [0.05, 0.1) is 9.83 Å². The Balaban J connectivity index is 2.21. The predicted octanol–water partition coefficient (Wildman–Crippen LogP) is 4.92. The molecule has 0 bridgehead atoms. The summed E-state index contributed by atoms with van der Waals surface area (Å²) in [4.78, 5) is 5.32. The van der Waals surface area contributed by atoms with Crippen LogP contribution >= 0.6 is 38.9 Å². The fourth-order valence-electron chi connectivity index (χ4n) is 1.53. The average molecular weight is 335 g/mol. The van der Waals surface area contributed by atoms with Crippen molar-refractivity contribution >= 4 is 38.9 Å². The maximum atomic E-state index is 13.6. The van der Waals surface area contributed by atoms with Gasteiger partial charge in [0.25, 0.3) is 0 Å². The molecular formula is C12H10BrClFNS. The summed E-state index contributed by atoms with van der Waals surface area (Å²) in [5, 5.41) is 1.47. The van der Waals surface area contributed by atoms with E-state index < -0.39 is 0 Å². The smallest absolute Gasteiger partial charge is 0.127 e. The van der Waals surface area contributed by atoms with Crippen LogP contribution in [0.25, 0.3) is 0 Å². The molecule has 0 aliphatic rings. The maximum absolute atomic E-state index is 13.6. The highest BCUT2D eigenvalue weighted by molar-refractivity contribution is 9.09. The molecule has 1 unspecified atom stereocenters. The minimum atomic E-state index is -0.261. The summed E-state index contributed by atoms with van der Waals surface area (Å²) in [6, 6.07) is 4.75. The lowest BCUT2D eigenvalue weighted by atomic mass is 10.1. The Labute approximate surface area is 117 Å².